The summed E-state index contributed by atoms with van der Waals surface area (Å²) in [5.41, 5.74) is 3.14. The van der Waals surface area contributed by atoms with Gasteiger partial charge in [0.05, 0.1) is 18.8 Å². The average Bonchev–Trinajstić information content (AvgIpc) is 2.94. The Bertz CT molecular complexity index is 1280. The van der Waals surface area contributed by atoms with E-state index in [2.05, 4.69) is 25.9 Å². The Morgan fingerprint density at radius 3 is 2.38 bits per heavy atom. The minimum Gasteiger partial charge on any atom is -0.399 e. The third-order valence-electron chi connectivity index (χ3n) is 8.24. The van der Waals surface area contributed by atoms with Crippen LogP contribution < -0.4 is 0 Å². The Balaban J connectivity index is 1.47. The van der Waals surface area contributed by atoms with Crippen LogP contribution in [-0.4, -0.2) is 110 Å². The van der Waals surface area contributed by atoms with Crippen molar-refractivity contribution < 1.29 is 14.4 Å². The summed E-state index contributed by atoms with van der Waals surface area (Å²) >= 11 is 18.9. The van der Waals surface area contributed by atoms with Crippen LogP contribution in [0.25, 0.3) is 0 Å². The highest BCUT2D eigenvalue weighted by molar-refractivity contribution is 6.35. The van der Waals surface area contributed by atoms with E-state index in [1.54, 1.807) is 30.1 Å². The molecule has 2 aromatic carbocycles. The molecule has 42 heavy (non-hydrogen) atoms. The SMILES string of the molecule is CO/N=C(\CN(C)C(=O)c1cc(Cl)cc(Cl)c1)C(CCN1CCC(N2CCN(C)CC2=O)CC1)c1ccc(C)c(Cl)c1. The average molecular weight is 637 g/mol. The highest BCUT2D eigenvalue weighted by Gasteiger charge is 2.31. The van der Waals surface area contributed by atoms with Crippen molar-refractivity contribution in [3.63, 3.8) is 0 Å². The van der Waals surface area contributed by atoms with E-state index in [1.165, 1.54) is 7.11 Å². The van der Waals surface area contributed by atoms with Gasteiger partial charge in [-0.05, 0) is 75.2 Å². The molecule has 8 nitrogen and oxygen atoms in total. The number of likely N-dealkylation sites (N-methyl/N-ethyl adjacent to an activating group) is 1. The van der Waals surface area contributed by atoms with Crippen LogP contribution in [0.5, 0.6) is 0 Å². The second-order valence-electron chi connectivity index (χ2n) is 11.3. The number of oxime groups is 1. The molecule has 228 valence electrons. The molecule has 4 rings (SSSR count). The molecule has 0 bridgehead atoms. The van der Waals surface area contributed by atoms with Crippen molar-refractivity contribution in [1.82, 2.24) is 19.6 Å². The number of piperazine rings is 1. The normalized spacial score (nSPS) is 18.3. The summed E-state index contributed by atoms with van der Waals surface area (Å²) in [6, 6.07) is 11.2. The van der Waals surface area contributed by atoms with Crippen LogP contribution in [0.1, 0.15) is 46.7 Å². The Labute approximate surface area is 264 Å². The van der Waals surface area contributed by atoms with Gasteiger partial charge in [-0.3, -0.25) is 14.5 Å². The zero-order chi connectivity index (χ0) is 30.4. The molecule has 1 atom stereocenters. The van der Waals surface area contributed by atoms with Crippen LogP contribution in [0.4, 0.5) is 0 Å². The number of piperidine rings is 1. The lowest BCUT2D eigenvalue weighted by molar-refractivity contribution is -0.139. The van der Waals surface area contributed by atoms with E-state index in [9.17, 15) is 9.59 Å². The summed E-state index contributed by atoms with van der Waals surface area (Å²) in [7, 11) is 5.24. The lowest BCUT2D eigenvalue weighted by Crippen LogP contribution is -2.55. The molecule has 11 heteroatoms. The fourth-order valence-corrected chi connectivity index (χ4v) is 6.56. The first kappa shape index (κ1) is 32.6. The largest absolute Gasteiger partial charge is 0.399 e. The molecule has 0 N–H and O–H groups in total. The van der Waals surface area contributed by atoms with Gasteiger partial charge in [0.15, 0.2) is 0 Å². The third kappa shape index (κ3) is 8.38. The maximum Gasteiger partial charge on any atom is 0.254 e. The second kappa shape index (κ2) is 14.9. The fraction of sp³-hybridized carbons (Fsp3) is 0.516. The lowest BCUT2D eigenvalue weighted by atomic mass is 9.89. The summed E-state index contributed by atoms with van der Waals surface area (Å²) < 4.78 is 0. The third-order valence-corrected chi connectivity index (χ3v) is 9.09. The van der Waals surface area contributed by atoms with E-state index in [1.807, 2.05) is 26.1 Å². The predicted octanol–water partition coefficient (Wildman–Crippen LogP) is 5.44. The van der Waals surface area contributed by atoms with Gasteiger partial charge >= 0.3 is 0 Å². The summed E-state index contributed by atoms with van der Waals surface area (Å²) in [5.74, 6) is -0.111. The molecular weight excluding hydrogens is 597 g/mol. The molecule has 0 spiro atoms. The summed E-state index contributed by atoms with van der Waals surface area (Å²) in [4.78, 5) is 39.4. The minimum absolute atomic E-state index is 0.127. The van der Waals surface area contributed by atoms with Crippen molar-refractivity contribution in [1.29, 1.82) is 0 Å². The molecule has 0 saturated carbocycles. The monoisotopic (exact) mass is 635 g/mol. The van der Waals surface area contributed by atoms with Crippen molar-refractivity contribution in [2.45, 2.75) is 38.1 Å². The first-order valence-corrected chi connectivity index (χ1v) is 15.5. The van der Waals surface area contributed by atoms with E-state index in [0.717, 1.165) is 68.8 Å². The van der Waals surface area contributed by atoms with Gasteiger partial charge in [0.25, 0.3) is 5.91 Å². The Morgan fingerprint density at radius 2 is 1.76 bits per heavy atom. The molecule has 2 aliphatic rings. The molecule has 2 heterocycles. The van der Waals surface area contributed by atoms with Crippen LogP contribution in [-0.2, 0) is 9.63 Å². The first-order valence-electron chi connectivity index (χ1n) is 14.3. The van der Waals surface area contributed by atoms with Crippen LogP contribution in [0.15, 0.2) is 41.6 Å². The number of amides is 2. The van der Waals surface area contributed by atoms with Crippen LogP contribution in [0.2, 0.25) is 15.1 Å². The standard InChI is InChI=1S/C31H40Cl3N5O3/c1-21-5-6-22(17-28(21)34)27(9-12-38-10-7-26(8-11-38)39-14-13-36(2)20-30(39)40)29(35-42-4)19-37(3)31(41)23-15-24(32)18-25(33)16-23/h5-6,15-18,26-27H,7-14,19-20H2,1-4H3/b35-29+. The topological polar surface area (TPSA) is 68.7 Å². The highest BCUT2D eigenvalue weighted by Crippen LogP contribution is 2.29. The minimum atomic E-state index is -0.218. The number of halogens is 3. The molecule has 2 amide bonds. The smallest absolute Gasteiger partial charge is 0.254 e. The van der Waals surface area contributed by atoms with Gasteiger partial charge in [0.1, 0.15) is 7.11 Å². The number of benzene rings is 2. The molecule has 2 aliphatic heterocycles. The van der Waals surface area contributed by atoms with Gasteiger partial charge in [-0.25, -0.2) is 0 Å². The summed E-state index contributed by atoms with van der Waals surface area (Å²) in [6.45, 7) is 7.15. The number of hydrogen-bond acceptors (Lipinski definition) is 6. The second-order valence-corrected chi connectivity index (χ2v) is 12.6. The van der Waals surface area contributed by atoms with Crippen molar-refractivity contribution in [2.24, 2.45) is 5.16 Å². The fourth-order valence-electron chi connectivity index (χ4n) is 5.84. The van der Waals surface area contributed by atoms with Gasteiger partial charge in [-0.2, -0.15) is 0 Å². The molecule has 2 saturated heterocycles. The number of aryl methyl sites for hydroxylation is 1. The van der Waals surface area contributed by atoms with Crippen molar-refractivity contribution in [3.05, 3.63) is 68.2 Å². The van der Waals surface area contributed by atoms with Gasteiger partial charge in [-0.1, -0.05) is 52.1 Å². The van der Waals surface area contributed by atoms with Crippen LogP contribution in [0, 0.1) is 6.92 Å². The molecular formula is C31H40Cl3N5O3. The van der Waals surface area contributed by atoms with E-state index in [-0.39, 0.29) is 24.3 Å². The Morgan fingerprint density at radius 1 is 1.07 bits per heavy atom. The lowest BCUT2D eigenvalue weighted by Gasteiger charge is -2.42. The number of hydrogen-bond donors (Lipinski definition) is 0. The van der Waals surface area contributed by atoms with Crippen LogP contribution >= 0.6 is 34.8 Å². The molecule has 0 aromatic heterocycles. The van der Waals surface area contributed by atoms with Crippen LogP contribution in [0.3, 0.4) is 0 Å². The quantitative estimate of drug-likeness (QED) is 0.257. The van der Waals surface area contributed by atoms with E-state index >= 15 is 0 Å². The number of carbonyl (C=O) groups excluding carboxylic acids is 2. The number of likely N-dealkylation sites (tertiary alicyclic amines) is 1. The van der Waals surface area contributed by atoms with Crippen molar-refractivity contribution in [2.75, 3.05) is 67.0 Å². The van der Waals surface area contributed by atoms with Gasteiger partial charge in [0.2, 0.25) is 5.91 Å². The van der Waals surface area contributed by atoms with Crippen molar-refractivity contribution in [3.8, 4) is 0 Å². The van der Waals surface area contributed by atoms with E-state index < -0.39 is 0 Å². The molecule has 2 fully saturated rings. The Hall–Kier alpha value is -2.36. The van der Waals surface area contributed by atoms with E-state index in [4.69, 9.17) is 39.6 Å². The molecule has 1 unspecified atom stereocenters. The van der Waals surface area contributed by atoms with Gasteiger partial charge < -0.3 is 19.5 Å². The summed E-state index contributed by atoms with van der Waals surface area (Å²) in [6.07, 6.45) is 2.70. The number of carbonyl (C=O) groups is 2. The number of rotatable bonds is 10. The van der Waals surface area contributed by atoms with E-state index in [0.29, 0.717) is 33.2 Å². The molecule has 2 aromatic rings. The number of nitrogens with zero attached hydrogens (tertiary/aromatic N) is 5. The van der Waals surface area contributed by atoms with Gasteiger partial charge in [-0.15, -0.1) is 0 Å². The zero-order valence-corrected chi connectivity index (χ0v) is 27.1. The van der Waals surface area contributed by atoms with Gasteiger partial charge in [0, 0.05) is 65.8 Å². The zero-order valence-electron chi connectivity index (χ0n) is 24.8. The molecule has 0 radical (unpaired) electrons. The van der Waals surface area contributed by atoms with Crippen molar-refractivity contribution >= 4 is 52.3 Å². The predicted molar refractivity (Wildman–Crippen MR) is 170 cm³/mol. The maximum atomic E-state index is 13.3. The highest BCUT2D eigenvalue weighted by atomic mass is 35.5. The first-order chi connectivity index (χ1) is 20.0. The Kier molecular flexibility index (Phi) is 11.5. The maximum absolute atomic E-state index is 13.3. The molecule has 0 aliphatic carbocycles. The summed E-state index contributed by atoms with van der Waals surface area (Å²) in [5, 5.41) is 5.90.